The Balaban J connectivity index is 2.07. The van der Waals surface area contributed by atoms with E-state index in [9.17, 15) is 0 Å². The molecule has 0 fully saturated rings. The van der Waals surface area contributed by atoms with Gasteiger partial charge in [-0.2, -0.15) is 0 Å². The zero-order chi connectivity index (χ0) is 13.8. The van der Waals surface area contributed by atoms with Crippen molar-refractivity contribution in [3.63, 3.8) is 0 Å². The minimum Gasteiger partial charge on any atom is -0.327 e. The Labute approximate surface area is 124 Å². The Morgan fingerprint density at radius 2 is 1.89 bits per heavy atom. The van der Waals surface area contributed by atoms with E-state index in [1.165, 1.54) is 21.6 Å². The van der Waals surface area contributed by atoms with Crippen molar-refractivity contribution < 1.29 is 0 Å². The fourth-order valence-electron chi connectivity index (χ4n) is 2.28. The van der Waals surface area contributed by atoms with Crippen molar-refractivity contribution in [1.82, 2.24) is 0 Å². The van der Waals surface area contributed by atoms with Gasteiger partial charge in [0.05, 0.1) is 5.25 Å². The molecule has 0 amide bonds. The molecule has 1 heterocycles. The van der Waals surface area contributed by atoms with Crippen LogP contribution >= 0.6 is 23.1 Å². The molecule has 0 aliphatic heterocycles. The molecule has 0 saturated carbocycles. The predicted molar refractivity (Wildman–Crippen MR) is 87.9 cm³/mol. The molecule has 1 aromatic carbocycles. The summed E-state index contributed by atoms with van der Waals surface area (Å²) in [5.74, 6) is 1.02. The topological polar surface area (TPSA) is 26.0 Å². The molecule has 0 aliphatic carbocycles. The van der Waals surface area contributed by atoms with E-state index in [-0.39, 0.29) is 6.04 Å². The van der Waals surface area contributed by atoms with Crippen LogP contribution in [-0.2, 0) is 5.75 Å². The lowest BCUT2D eigenvalue weighted by Crippen LogP contribution is -2.22. The molecule has 2 aromatic rings. The summed E-state index contributed by atoms with van der Waals surface area (Å²) in [5, 5.41) is 2.52. The Kier molecular flexibility index (Phi) is 5.08. The van der Waals surface area contributed by atoms with Crippen LogP contribution in [-0.4, -0.2) is 6.04 Å². The molecule has 1 aromatic heterocycles. The lowest BCUT2D eigenvalue weighted by atomic mass is 10.1. The number of rotatable bonds is 5. The Morgan fingerprint density at radius 3 is 2.42 bits per heavy atom. The van der Waals surface area contributed by atoms with Gasteiger partial charge in [0.15, 0.2) is 0 Å². The zero-order valence-electron chi connectivity index (χ0n) is 11.7. The Hall–Kier alpha value is -0.770. The van der Waals surface area contributed by atoms with Crippen LogP contribution in [0.25, 0.3) is 0 Å². The number of hydrogen-bond donors (Lipinski definition) is 1. The molecule has 19 heavy (non-hydrogen) atoms. The van der Waals surface area contributed by atoms with Crippen molar-refractivity contribution in [1.29, 1.82) is 0 Å². The third-order valence-corrected chi connectivity index (χ3v) is 5.66. The molecule has 3 heteroatoms. The van der Waals surface area contributed by atoms with E-state index in [1.54, 1.807) is 11.3 Å². The maximum Gasteiger partial charge on any atom is 0.0542 e. The standard InChI is InChI=1S/C16H21NS2/c1-11-7-12(2)9-14(8-11)10-19-16(13(3)17)15-5-4-6-18-15/h4-9,13,16H,10,17H2,1-3H3. The molecular formula is C16H21NS2. The molecule has 102 valence electrons. The van der Waals surface area contributed by atoms with Crippen LogP contribution in [0, 0.1) is 13.8 Å². The van der Waals surface area contributed by atoms with Crippen LogP contribution in [0.1, 0.15) is 33.7 Å². The van der Waals surface area contributed by atoms with E-state index in [2.05, 4.69) is 56.5 Å². The van der Waals surface area contributed by atoms with Crippen LogP contribution in [0.4, 0.5) is 0 Å². The van der Waals surface area contributed by atoms with Gasteiger partial charge in [0.25, 0.3) is 0 Å². The van der Waals surface area contributed by atoms with Gasteiger partial charge in [-0.1, -0.05) is 35.4 Å². The molecule has 0 bridgehead atoms. The summed E-state index contributed by atoms with van der Waals surface area (Å²) in [6, 6.07) is 11.2. The summed E-state index contributed by atoms with van der Waals surface area (Å²) in [6.45, 7) is 6.41. The van der Waals surface area contributed by atoms with Crippen molar-refractivity contribution >= 4 is 23.1 Å². The molecular weight excluding hydrogens is 270 g/mol. The number of benzene rings is 1. The first-order valence-corrected chi connectivity index (χ1v) is 8.47. The van der Waals surface area contributed by atoms with Gasteiger partial charge in [-0.05, 0) is 37.8 Å². The molecule has 0 radical (unpaired) electrons. The fraction of sp³-hybridized carbons (Fsp3) is 0.375. The lowest BCUT2D eigenvalue weighted by molar-refractivity contribution is 0.730. The van der Waals surface area contributed by atoms with Gasteiger partial charge < -0.3 is 5.73 Å². The highest BCUT2D eigenvalue weighted by Crippen LogP contribution is 2.36. The second kappa shape index (κ2) is 6.60. The van der Waals surface area contributed by atoms with Gasteiger partial charge in [0.2, 0.25) is 0 Å². The number of nitrogens with two attached hydrogens (primary N) is 1. The third-order valence-electron chi connectivity index (χ3n) is 3.01. The predicted octanol–water partition coefficient (Wildman–Crippen LogP) is 4.69. The van der Waals surface area contributed by atoms with E-state index >= 15 is 0 Å². The second-order valence-corrected chi connectivity index (χ2v) is 7.21. The quantitative estimate of drug-likeness (QED) is 0.865. The summed E-state index contributed by atoms with van der Waals surface area (Å²) in [7, 11) is 0. The minimum atomic E-state index is 0.176. The van der Waals surface area contributed by atoms with Gasteiger partial charge in [0, 0.05) is 16.7 Å². The van der Waals surface area contributed by atoms with E-state index < -0.39 is 0 Å². The van der Waals surface area contributed by atoms with Crippen LogP contribution in [0.5, 0.6) is 0 Å². The second-order valence-electron chi connectivity index (χ2n) is 5.10. The van der Waals surface area contributed by atoms with E-state index in [0.29, 0.717) is 5.25 Å². The average Bonchev–Trinajstić information content (AvgIpc) is 2.81. The SMILES string of the molecule is Cc1cc(C)cc(CSC(c2cccs2)C(C)N)c1. The monoisotopic (exact) mass is 291 g/mol. The van der Waals surface area contributed by atoms with Crippen molar-refractivity contribution in [2.24, 2.45) is 5.73 Å². The fourth-order valence-corrected chi connectivity index (χ4v) is 4.56. The normalized spacial score (nSPS) is 14.3. The maximum absolute atomic E-state index is 6.14. The van der Waals surface area contributed by atoms with Crippen molar-refractivity contribution in [3.8, 4) is 0 Å². The van der Waals surface area contributed by atoms with E-state index in [1.807, 2.05) is 11.8 Å². The highest BCUT2D eigenvalue weighted by molar-refractivity contribution is 7.98. The smallest absolute Gasteiger partial charge is 0.0542 e. The van der Waals surface area contributed by atoms with Gasteiger partial charge in [0.1, 0.15) is 0 Å². The number of aryl methyl sites for hydroxylation is 2. The summed E-state index contributed by atoms with van der Waals surface area (Å²) >= 11 is 3.74. The van der Waals surface area contributed by atoms with Crippen LogP contribution in [0.15, 0.2) is 35.7 Å². The maximum atomic E-state index is 6.14. The molecule has 2 atom stereocenters. The van der Waals surface area contributed by atoms with Gasteiger partial charge in [-0.25, -0.2) is 0 Å². The van der Waals surface area contributed by atoms with Gasteiger partial charge in [-0.3, -0.25) is 0 Å². The number of thiophene rings is 1. The largest absolute Gasteiger partial charge is 0.327 e. The lowest BCUT2D eigenvalue weighted by Gasteiger charge is -2.19. The number of thioether (sulfide) groups is 1. The molecule has 2 unspecified atom stereocenters. The number of hydrogen-bond acceptors (Lipinski definition) is 3. The zero-order valence-corrected chi connectivity index (χ0v) is 13.4. The highest BCUT2D eigenvalue weighted by atomic mass is 32.2. The first-order chi connectivity index (χ1) is 9.06. The van der Waals surface area contributed by atoms with Gasteiger partial charge >= 0.3 is 0 Å². The van der Waals surface area contributed by atoms with Crippen LogP contribution in [0.3, 0.4) is 0 Å². The summed E-state index contributed by atoms with van der Waals surface area (Å²) in [5.41, 5.74) is 10.2. The molecule has 1 nitrogen and oxygen atoms in total. The summed E-state index contributed by atoms with van der Waals surface area (Å²) < 4.78 is 0. The highest BCUT2D eigenvalue weighted by Gasteiger charge is 2.17. The van der Waals surface area contributed by atoms with Crippen molar-refractivity contribution in [2.45, 2.75) is 37.8 Å². The van der Waals surface area contributed by atoms with Crippen LogP contribution < -0.4 is 5.73 Å². The molecule has 2 rings (SSSR count). The van der Waals surface area contributed by atoms with E-state index in [0.717, 1.165) is 5.75 Å². The first kappa shape index (κ1) is 14.6. The minimum absolute atomic E-state index is 0.176. The summed E-state index contributed by atoms with van der Waals surface area (Å²) in [4.78, 5) is 1.38. The summed E-state index contributed by atoms with van der Waals surface area (Å²) in [6.07, 6.45) is 0. The van der Waals surface area contributed by atoms with E-state index in [4.69, 9.17) is 5.73 Å². The third kappa shape index (κ3) is 4.10. The Morgan fingerprint density at radius 1 is 1.21 bits per heavy atom. The first-order valence-electron chi connectivity index (χ1n) is 6.54. The van der Waals surface area contributed by atoms with Crippen molar-refractivity contribution in [2.75, 3.05) is 0 Å². The van der Waals surface area contributed by atoms with Gasteiger partial charge in [-0.15, -0.1) is 23.1 Å². The molecule has 2 N–H and O–H groups in total. The average molecular weight is 291 g/mol. The van der Waals surface area contributed by atoms with Crippen LogP contribution in [0.2, 0.25) is 0 Å². The van der Waals surface area contributed by atoms with Crippen molar-refractivity contribution in [3.05, 3.63) is 57.3 Å². The Bertz CT molecular complexity index is 497. The molecule has 0 saturated heterocycles. The molecule has 0 spiro atoms. The molecule has 0 aliphatic rings.